The summed E-state index contributed by atoms with van der Waals surface area (Å²) in [6.45, 7) is 0. The zero-order valence-corrected chi connectivity index (χ0v) is 9.10. The molecule has 2 rings (SSSR count). The van der Waals surface area contributed by atoms with Gasteiger partial charge in [-0.3, -0.25) is 4.55 Å². The molecule has 1 atom stereocenters. The van der Waals surface area contributed by atoms with Gasteiger partial charge in [0.1, 0.15) is 0 Å². The molecule has 0 aliphatic heterocycles. The van der Waals surface area contributed by atoms with Crippen molar-refractivity contribution >= 4 is 10.1 Å². The van der Waals surface area contributed by atoms with E-state index in [4.69, 9.17) is 4.55 Å². The maximum Gasteiger partial charge on any atom is 0.265 e. The zero-order valence-electron chi connectivity index (χ0n) is 8.28. The minimum atomic E-state index is -4.09. The Kier molecular flexibility index (Phi) is 2.71. The Balaban J connectivity index is 2.36. The molecular formula is C10H10F2O3S. The predicted molar refractivity (Wildman–Crippen MR) is 53.8 cm³/mol. The van der Waals surface area contributed by atoms with Crippen LogP contribution in [-0.4, -0.2) is 18.7 Å². The first kappa shape index (κ1) is 11.5. The number of hydrogen-bond acceptors (Lipinski definition) is 2. The monoisotopic (exact) mass is 248 g/mol. The fourth-order valence-electron chi connectivity index (χ4n) is 2.11. The molecule has 88 valence electrons. The Bertz CT molecular complexity index is 525. The molecule has 1 aromatic rings. The summed E-state index contributed by atoms with van der Waals surface area (Å²) in [6, 6.07) is 2.11. The Labute approximate surface area is 91.8 Å². The van der Waals surface area contributed by atoms with Crippen LogP contribution in [0.2, 0.25) is 0 Å². The van der Waals surface area contributed by atoms with Gasteiger partial charge in [0.15, 0.2) is 11.6 Å². The summed E-state index contributed by atoms with van der Waals surface area (Å²) in [7, 11) is -4.09. The SMILES string of the molecule is O=S(=O)(O)CC1CCc2cc(F)c(F)cc21. The lowest BCUT2D eigenvalue weighted by Gasteiger charge is -2.09. The molecule has 0 bridgehead atoms. The van der Waals surface area contributed by atoms with Crippen LogP contribution >= 0.6 is 0 Å². The van der Waals surface area contributed by atoms with E-state index in [0.717, 1.165) is 12.1 Å². The van der Waals surface area contributed by atoms with Gasteiger partial charge in [0.25, 0.3) is 10.1 Å². The maximum absolute atomic E-state index is 13.0. The molecule has 16 heavy (non-hydrogen) atoms. The Morgan fingerprint density at radius 2 is 1.94 bits per heavy atom. The van der Waals surface area contributed by atoms with Crippen LogP contribution in [0.4, 0.5) is 8.78 Å². The van der Waals surface area contributed by atoms with Crippen molar-refractivity contribution in [3.63, 3.8) is 0 Å². The fraction of sp³-hybridized carbons (Fsp3) is 0.400. The summed E-state index contributed by atoms with van der Waals surface area (Å²) < 4.78 is 56.1. The zero-order chi connectivity index (χ0) is 11.9. The molecule has 1 aromatic carbocycles. The summed E-state index contributed by atoms with van der Waals surface area (Å²) in [4.78, 5) is 0. The summed E-state index contributed by atoms with van der Waals surface area (Å²) in [5.74, 6) is -2.79. The van der Waals surface area contributed by atoms with E-state index in [1.807, 2.05) is 0 Å². The van der Waals surface area contributed by atoms with E-state index in [0.29, 0.717) is 24.0 Å². The quantitative estimate of drug-likeness (QED) is 0.813. The number of rotatable bonds is 2. The normalized spacial score (nSPS) is 19.8. The number of halogens is 2. The molecule has 0 aromatic heterocycles. The second-order valence-corrected chi connectivity index (χ2v) is 5.45. The highest BCUT2D eigenvalue weighted by atomic mass is 32.2. The van der Waals surface area contributed by atoms with Gasteiger partial charge in [0.05, 0.1) is 5.75 Å². The molecule has 0 saturated heterocycles. The average Bonchev–Trinajstić information content (AvgIpc) is 2.47. The van der Waals surface area contributed by atoms with Crippen LogP contribution in [0.3, 0.4) is 0 Å². The molecule has 0 amide bonds. The van der Waals surface area contributed by atoms with Crippen molar-refractivity contribution in [2.45, 2.75) is 18.8 Å². The molecule has 0 fully saturated rings. The van der Waals surface area contributed by atoms with E-state index >= 15 is 0 Å². The van der Waals surface area contributed by atoms with Gasteiger partial charge in [-0.05, 0) is 36.1 Å². The Morgan fingerprint density at radius 1 is 1.31 bits per heavy atom. The second-order valence-electron chi connectivity index (χ2n) is 3.95. The number of benzene rings is 1. The summed E-state index contributed by atoms with van der Waals surface area (Å²) in [5.41, 5.74) is 1.10. The van der Waals surface area contributed by atoms with Crippen molar-refractivity contribution in [3.8, 4) is 0 Å². The van der Waals surface area contributed by atoms with Crippen LogP contribution in [0.1, 0.15) is 23.5 Å². The van der Waals surface area contributed by atoms with Crippen molar-refractivity contribution in [1.29, 1.82) is 0 Å². The topological polar surface area (TPSA) is 54.4 Å². The van der Waals surface area contributed by atoms with Crippen molar-refractivity contribution in [2.24, 2.45) is 0 Å². The van der Waals surface area contributed by atoms with E-state index < -0.39 is 33.4 Å². The summed E-state index contributed by atoms with van der Waals surface area (Å²) in [5, 5.41) is 0. The van der Waals surface area contributed by atoms with E-state index in [2.05, 4.69) is 0 Å². The second kappa shape index (κ2) is 3.78. The first-order valence-electron chi connectivity index (χ1n) is 4.80. The molecule has 0 heterocycles. The number of aryl methyl sites for hydroxylation is 1. The lowest BCUT2D eigenvalue weighted by molar-refractivity contribution is 0.476. The number of hydrogen-bond donors (Lipinski definition) is 1. The van der Waals surface area contributed by atoms with Gasteiger partial charge in [-0.2, -0.15) is 8.42 Å². The molecule has 0 spiro atoms. The molecule has 0 radical (unpaired) electrons. The van der Waals surface area contributed by atoms with Crippen LogP contribution < -0.4 is 0 Å². The van der Waals surface area contributed by atoms with Gasteiger partial charge in [0.2, 0.25) is 0 Å². The molecule has 6 heteroatoms. The van der Waals surface area contributed by atoms with E-state index in [-0.39, 0.29) is 0 Å². The lowest BCUT2D eigenvalue weighted by Crippen LogP contribution is -2.11. The molecular weight excluding hydrogens is 238 g/mol. The fourth-order valence-corrected chi connectivity index (χ4v) is 2.97. The Morgan fingerprint density at radius 3 is 2.56 bits per heavy atom. The first-order chi connectivity index (χ1) is 7.37. The highest BCUT2D eigenvalue weighted by Crippen LogP contribution is 2.35. The highest BCUT2D eigenvalue weighted by molar-refractivity contribution is 7.85. The molecule has 1 aliphatic carbocycles. The van der Waals surface area contributed by atoms with Gasteiger partial charge in [-0.15, -0.1) is 0 Å². The third-order valence-electron chi connectivity index (χ3n) is 2.80. The minimum Gasteiger partial charge on any atom is -0.286 e. The van der Waals surface area contributed by atoms with Crippen molar-refractivity contribution in [3.05, 3.63) is 34.9 Å². The van der Waals surface area contributed by atoms with Crippen LogP contribution in [0.15, 0.2) is 12.1 Å². The first-order valence-corrected chi connectivity index (χ1v) is 6.41. The minimum absolute atomic E-state index is 0.439. The third-order valence-corrected chi connectivity index (χ3v) is 3.62. The summed E-state index contributed by atoms with van der Waals surface area (Å²) in [6.07, 6.45) is 0.991. The van der Waals surface area contributed by atoms with Gasteiger partial charge in [-0.25, -0.2) is 8.78 Å². The van der Waals surface area contributed by atoms with Gasteiger partial charge < -0.3 is 0 Å². The van der Waals surface area contributed by atoms with Crippen LogP contribution in [0.25, 0.3) is 0 Å². The van der Waals surface area contributed by atoms with E-state index in [1.165, 1.54) is 0 Å². The third kappa shape index (κ3) is 2.22. The molecule has 1 N–H and O–H groups in total. The average molecular weight is 248 g/mol. The summed E-state index contributed by atoms with van der Waals surface area (Å²) >= 11 is 0. The molecule has 0 saturated carbocycles. The Hall–Kier alpha value is -1.01. The standard InChI is InChI=1S/C10H10F2O3S/c11-9-3-6-1-2-7(5-16(13,14)15)8(6)4-10(9)12/h3-4,7H,1-2,5H2,(H,13,14,15). The smallest absolute Gasteiger partial charge is 0.265 e. The van der Waals surface area contributed by atoms with Gasteiger partial charge in [0, 0.05) is 5.92 Å². The van der Waals surface area contributed by atoms with Crippen LogP contribution in [0, 0.1) is 11.6 Å². The van der Waals surface area contributed by atoms with Crippen LogP contribution in [0.5, 0.6) is 0 Å². The number of fused-ring (bicyclic) bond motifs is 1. The van der Waals surface area contributed by atoms with Crippen molar-refractivity contribution < 1.29 is 21.8 Å². The van der Waals surface area contributed by atoms with E-state index in [1.54, 1.807) is 0 Å². The molecule has 1 aliphatic rings. The lowest BCUT2D eigenvalue weighted by atomic mass is 10.0. The van der Waals surface area contributed by atoms with E-state index in [9.17, 15) is 17.2 Å². The van der Waals surface area contributed by atoms with Gasteiger partial charge >= 0.3 is 0 Å². The highest BCUT2D eigenvalue weighted by Gasteiger charge is 2.28. The predicted octanol–water partition coefficient (Wildman–Crippen LogP) is 1.88. The van der Waals surface area contributed by atoms with Crippen molar-refractivity contribution in [2.75, 3.05) is 5.75 Å². The van der Waals surface area contributed by atoms with Crippen molar-refractivity contribution in [1.82, 2.24) is 0 Å². The maximum atomic E-state index is 13.0. The molecule has 3 nitrogen and oxygen atoms in total. The van der Waals surface area contributed by atoms with Crippen LogP contribution in [-0.2, 0) is 16.5 Å². The molecule has 1 unspecified atom stereocenters. The largest absolute Gasteiger partial charge is 0.286 e. The van der Waals surface area contributed by atoms with Gasteiger partial charge in [-0.1, -0.05) is 0 Å².